The number of hydrogen-bond donors (Lipinski definition) is 1. The fourth-order valence-electron chi connectivity index (χ4n) is 2.36. The van der Waals surface area contributed by atoms with E-state index in [-0.39, 0.29) is 0 Å². The summed E-state index contributed by atoms with van der Waals surface area (Å²) in [5.41, 5.74) is 1.44. The van der Waals surface area contributed by atoms with Crippen LogP contribution < -0.4 is 5.32 Å². The number of fused-ring (bicyclic) bond motifs is 1. The molecule has 2 aliphatic carbocycles. The van der Waals surface area contributed by atoms with Crippen molar-refractivity contribution in [2.75, 3.05) is 0 Å². The summed E-state index contributed by atoms with van der Waals surface area (Å²) in [6.07, 6.45) is 5.12. The number of rotatable bonds is 3. The predicted octanol–water partition coefficient (Wildman–Crippen LogP) is 3.14. The molecular formula is C13H19NO. The lowest BCUT2D eigenvalue weighted by molar-refractivity contribution is 0.387. The highest BCUT2D eigenvalue weighted by molar-refractivity contribution is 5.30. The summed E-state index contributed by atoms with van der Waals surface area (Å²) in [5.74, 6) is 2.89. The van der Waals surface area contributed by atoms with Crippen LogP contribution in [0.1, 0.15) is 62.2 Å². The second kappa shape index (κ2) is 3.38. The average Bonchev–Trinajstić information content (AvgIpc) is 2.76. The first-order valence-electron chi connectivity index (χ1n) is 6.12. The maximum atomic E-state index is 5.97. The van der Waals surface area contributed by atoms with E-state index in [1.165, 1.54) is 37.0 Å². The molecule has 1 aromatic rings. The van der Waals surface area contributed by atoms with Gasteiger partial charge in [0.05, 0.1) is 6.04 Å². The van der Waals surface area contributed by atoms with Crippen LogP contribution in [0.25, 0.3) is 0 Å². The summed E-state index contributed by atoms with van der Waals surface area (Å²) < 4.78 is 5.97. The zero-order valence-electron chi connectivity index (χ0n) is 9.55. The number of hydrogen-bond acceptors (Lipinski definition) is 2. The van der Waals surface area contributed by atoms with Gasteiger partial charge in [0, 0.05) is 12.0 Å². The van der Waals surface area contributed by atoms with E-state index in [2.05, 4.69) is 25.2 Å². The summed E-state index contributed by atoms with van der Waals surface area (Å²) in [7, 11) is 0. The third-order valence-corrected chi connectivity index (χ3v) is 3.46. The SMILES string of the molecule is CC(C)c1cc2c(o1)C(NC1CC1)CC2. The maximum absolute atomic E-state index is 5.97. The Balaban J connectivity index is 1.81. The van der Waals surface area contributed by atoms with Crippen molar-refractivity contribution < 1.29 is 4.42 Å². The average molecular weight is 205 g/mol. The lowest BCUT2D eigenvalue weighted by Crippen LogP contribution is -2.20. The van der Waals surface area contributed by atoms with Gasteiger partial charge in [0.25, 0.3) is 0 Å². The van der Waals surface area contributed by atoms with Crippen molar-refractivity contribution in [1.82, 2.24) is 5.32 Å². The Kier molecular flexibility index (Phi) is 2.13. The molecule has 1 aromatic heterocycles. The van der Waals surface area contributed by atoms with Gasteiger partial charge in [-0.25, -0.2) is 0 Å². The van der Waals surface area contributed by atoms with Crippen molar-refractivity contribution >= 4 is 0 Å². The quantitative estimate of drug-likeness (QED) is 0.820. The van der Waals surface area contributed by atoms with Crippen molar-refractivity contribution in [1.29, 1.82) is 0 Å². The molecular weight excluding hydrogens is 186 g/mol. The first-order chi connectivity index (χ1) is 7.24. The number of furan rings is 1. The predicted molar refractivity (Wildman–Crippen MR) is 60.0 cm³/mol. The van der Waals surface area contributed by atoms with Crippen LogP contribution >= 0.6 is 0 Å². The topological polar surface area (TPSA) is 25.2 Å². The van der Waals surface area contributed by atoms with E-state index in [9.17, 15) is 0 Å². The maximum Gasteiger partial charge on any atom is 0.124 e. The van der Waals surface area contributed by atoms with E-state index < -0.39 is 0 Å². The molecule has 3 rings (SSSR count). The van der Waals surface area contributed by atoms with E-state index in [1.54, 1.807) is 0 Å². The second-order valence-corrected chi connectivity index (χ2v) is 5.23. The van der Waals surface area contributed by atoms with Crippen LogP contribution in [0.3, 0.4) is 0 Å². The van der Waals surface area contributed by atoms with Gasteiger partial charge < -0.3 is 9.73 Å². The summed E-state index contributed by atoms with van der Waals surface area (Å²) in [4.78, 5) is 0. The van der Waals surface area contributed by atoms with Crippen molar-refractivity contribution in [3.8, 4) is 0 Å². The zero-order chi connectivity index (χ0) is 10.4. The molecule has 1 saturated carbocycles. The van der Waals surface area contributed by atoms with Gasteiger partial charge in [-0.05, 0) is 37.3 Å². The molecule has 0 bridgehead atoms. The lowest BCUT2D eigenvalue weighted by Gasteiger charge is -2.11. The van der Waals surface area contributed by atoms with Crippen molar-refractivity contribution in [3.63, 3.8) is 0 Å². The first-order valence-corrected chi connectivity index (χ1v) is 6.12. The van der Waals surface area contributed by atoms with Crippen LogP contribution in [-0.2, 0) is 6.42 Å². The molecule has 1 N–H and O–H groups in total. The van der Waals surface area contributed by atoms with E-state index in [4.69, 9.17) is 4.42 Å². The zero-order valence-corrected chi connectivity index (χ0v) is 9.55. The molecule has 1 atom stereocenters. The Morgan fingerprint density at radius 2 is 2.13 bits per heavy atom. The van der Waals surface area contributed by atoms with E-state index >= 15 is 0 Å². The van der Waals surface area contributed by atoms with E-state index in [1.807, 2.05) is 0 Å². The van der Waals surface area contributed by atoms with Gasteiger partial charge in [0.2, 0.25) is 0 Å². The van der Waals surface area contributed by atoms with Gasteiger partial charge in [-0.1, -0.05) is 13.8 Å². The fourth-order valence-corrected chi connectivity index (χ4v) is 2.36. The molecule has 0 aliphatic heterocycles. The fraction of sp³-hybridized carbons (Fsp3) is 0.692. The molecule has 2 aliphatic rings. The largest absolute Gasteiger partial charge is 0.464 e. The molecule has 1 unspecified atom stereocenters. The molecule has 0 radical (unpaired) electrons. The second-order valence-electron chi connectivity index (χ2n) is 5.23. The van der Waals surface area contributed by atoms with Gasteiger partial charge in [-0.2, -0.15) is 0 Å². The number of aryl methyl sites for hydroxylation is 1. The third kappa shape index (κ3) is 1.71. The third-order valence-electron chi connectivity index (χ3n) is 3.46. The van der Waals surface area contributed by atoms with Crippen molar-refractivity contribution in [2.45, 2.75) is 57.5 Å². The molecule has 2 heteroatoms. The molecule has 82 valence electrons. The highest BCUT2D eigenvalue weighted by atomic mass is 16.3. The lowest BCUT2D eigenvalue weighted by atomic mass is 10.1. The van der Waals surface area contributed by atoms with E-state index in [0.717, 1.165) is 11.8 Å². The smallest absolute Gasteiger partial charge is 0.124 e. The molecule has 0 spiro atoms. The Bertz CT molecular complexity index is 363. The summed E-state index contributed by atoms with van der Waals surface area (Å²) in [5, 5.41) is 3.67. The van der Waals surface area contributed by atoms with Crippen LogP contribution in [0.2, 0.25) is 0 Å². The van der Waals surface area contributed by atoms with Crippen LogP contribution in [0.15, 0.2) is 10.5 Å². The van der Waals surface area contributed by atoms with Gasteiger partial charge in [0.15, 0.2) is 0 Å². The standard InChI is InChI=1S/C13H19NO/c1-8(2)12-7-9-3-6-11(13(9)15-12)14-10-4-5-10/h7-8,10-11,14H,3-6H2,1-2H3. The minimum Gasteiger partial charge on any atom is -0.464 e. The first kappa shape index (κ1) is 9.46. The van der Waals surface area contributed by atoms with Crippen molar-refractivity contribution in [3.05, 3.63) is 23.2 Å². The Morgan fingerprint density at radius 3 is 2.80 bits per heavy atom. The molecule has 0 saturated heterocycles. The minimum absolute atomic E-state index is 0.500. The summed E-state index contributed by atoms with van der Waals surface area (Å²) in [6.45, 7) is 4.38. The Morgan fingerprint density at radius 1 is 1.33 bits per heavy atom. The Labute approximate surface area is 91.0 Å². The van der Waals surface area contributed by atoms with Crippen LogP contribution in [0, 0.1) is 0 Å². The van der Waals surface area contributed by atoms with Crippen LogP contribution in [0.5, 0.6) is 0 Å². The minimum atomic E-state index is 0.500. The highest BCUT2D eigenvalue weighted by Gasteiger charge is 2.32. The normalized spacial score (nSPS) is 24.9. The van der Waals surface area contributed by atoms with Crippen LogP contribution in [0.4, 0.5) is 0 Å². The van der Waals surface area contributed by atoms with Crippen molar-refractivity contribution in [2.24, 2.45) is 0 Å². The molecule has 1 fully saturated rings. The molecule has 0 aromatic carbocycles. The van der Waals surface area contributed by atoms with Gasteiger partial charge >= 0.3 is 0 Å². The summed E-state index contributed by atoms with van der Waals surface area (Å²) >= 11 is 0. The molecule has 1 heterocycles. The molecule has 2 nitrogen and oxygen atoms in total. The van der Waals surface area contributed by atoms with E-state index in [0.29, 0.717) is 12.0 Å². The Hall–Kier alpha value is -0.760. The summed E-state index contributed by atoms with van der Waals surface area (Å²) in [6, 6.07) is 3.53. The number of nitrogens with one attached hydrogen (secondary N) is 1. The monoisotopic (exact) mass is 205 g/mol. The highest BCUT2D eigenvalue weighted by Crippen LogP contribution is 2.37. The molecule has 0 amide bonds. The molecule has 15 heavy (non-hydrogen) atoms. The van der Waals surface area contributed by atoms with Gasteiger partial charge in [-0.3, -0.25) is 0 Å². The van der Waals surface area contributed by atoms with Crippen LogP contribution in [-0.4, -0.2) is 6.04 Å². The van der Waals surface area contributed by atoms with Gasteiger partial charge in [-0.15, -0.1) is 0 Å². The van der Waals surface area contributed by atoms with Gasteiger partial charge in [0.1, 0.15) is 11.5 Å².